The van der Waals surface area contributed by atoms with Gasteiger partial charge in [0.1, 0.15) is 6.29 Å². The summed E-state index contributed by atoms with van der Waals surface area (Å²) in [7, 11) is 1.71. The fraction of sp³-hybridized carbons (Fsp3) is 0.515. The van der Waals surface area contributed by atoms with Gasteiger partial charge >= 0.3 is 0 Å². The standard InChI is InChI=1S/C17H28O2.C16H22O2/c1-7-16(15(3)19-6)11-10-14(2)9-8-12-17(4,5)13-18;1-5-12(3)15(17)7-6-14-8-11(2)9-16(18)13(4)10-14/h8,10,12-13H,7,9,11H2,1-6H3;5-7,9-10,12-13,16,18H,1,8H2,2-4H3/b12-8+,14-10+,16-15-;7-6+. The highest BCUT2D eigenvalue weighted by molar-refractivity contribution is 5.93. The van der Waals surface area contributed by atoms with Crippen LogP contribution >= 0.6 is 0 Å². The van der Waals surface area contributed by atoms with Crippen LogP contribution in [0.15, 0.2) is 83.2 Å². The van der Waals surface area contributed by atoms with Crippen LogP contribution in [-0.4, -0.2) is 30.4 Å². The topological polar surface area (TPSA) is 63.6 Å². The molecule has 4 heteroatoms. The average Bonchev–Trinajstić information content (AvgIpc) is 2.98. The van der Waals surface area contributed by atoms with E-state index in [2.05, 4.69) is 32.6 Å². The summed E-state index contributed by atoms with van der Waals surface area (Å²) in [4.78, 5) is 22.5. The lowest BCUT2D eigenvalue weighted by molar-refractivity contribution is -0.116. The summed E-state index contributed by atoms with van der Waals surface area (Å²) in [5.74, 6) is 1.01. The second kappa shape index (κ2) is 17.7. The first-order valence-electron chi connectivity index (χ1n) is 13.2. The quantitative estimate of drug-likeness (QED) is 0.125. The molecule has 0 saturated heterocycles. The predicted molar refractivity (Wildman–Crippen MR) is 157 cm³/mol. The fourth-order valence-corrected chi connectivity index (χ4v) is 3.54. The number of aliphatic hydroxyl groups excluding tert-OH is 1. The lowest BCUT2D eigenvalue weighted by Crippen LogP contribution is -2.11. The molecule has 0 fully saturated rings. The summed E-state index contributed by atoms with van der Waals surface area (Å²) in [5, 5.41) is 9.82. The third kappa shape index (κ3) is 14.6. The Hall–Kier alpha value is -2.72. The third-order valence-corrected chi connectivity index (χ3v) is 6.44. The number of hydrogen-bond acceptors (Lipinski definition) is 4. The zero-order chi connectivity index (χ0) is 28.6. The molecule has 0 aromatic rings. The van der Waals surface area contributed by atoms with E-state index in [9.17, 15) is 14.7 Å². The van der Waals surface area contributed by atoms with Crippen LogP contribution in [0, 0.1) is 17.3 Å². The van der Waals surface area contributed by atoms with E-state index < -0.39 is 6.10 Å². The zero-order valence-electron chi connectivity index (χ0n) is 24.6. The van der Waals surface area contributed by atoms with E-state index in [1.54, 1.807) is 19.3 Å². The molecular weight excluding hydrogens is 460 g/mol. The van der Waals surface area contributed by atoms with E-state index in [0.717, 1.165) is 48.9 Å². The number of methoxy groups -OCH3 is 1. The zero-order valence-corrected chi connectivity index (χ0v) is 24.6. The van der Waals surface area contributed by atoms with E-state index in [4.69, 9.17) is 4.74 Å². The molecule has 0 aliphatic heterocycles. The van der Waals surface area contributed by atoms with E-state index in [-0.39, 0.29) is 23.0 Å². The van der Waals surface area contributed by atoms with Crippen LogP contribution in [0.3, 0.4) is 0 Å². The van der Waals surface area contributed by atoms with Gasteiger partial charge in [-0.3, -0.25) is 4.79 Å². The number of ether oxygens (including phenoxy) is 1. The van der Waals surface area contributed by atoms with Gasteiger partial charge in [0.25, 0.3) is 0 Å². The molecule has 0 bridgehead atoms. The Morgan fingerprint density at radius 3 is 2.46 bits per heavy atom. The van der Waals surface area contributed by atoms with Crippen molar-refractivity contribution >= 4 is 12.1 Å². The molecule has 37 heavy (non-hydrogen) atoms. The first-order valence-corrected chi connectivity index (χ1v) is 13.2. The van der Waals surface area contributed by atoms with Gasteiger partial charge in [-0.1, -0.05) is 74.4 Å². The Bertz CT molecular complexity index is 937. The van der Waals surface area contributed by atoms with Crippen LogP contribution in [0.25, 0.3) is 0 Å². The number of aliphatic hydroxyl groups is 1. The van der Waals surface area contributed by atoms with Crippen molar-refractivity contribution in [1.82, 2.24) is 0 Å². The molecule has 0 spiro atoms. The summed E-state index contributed by atoms with van der Waals surface area (Å²) in [6.07, 6.45) is 19.5. The molecule has 0 amide bonds. The molecule has 0 saturated carbocycles. The summed E-state index contributed by atoms with van der Waals surface area (Å²) in [6.45, 7) is 19.5. The molecular formula is C33H50O4. The smallest absolute Gasteiger partial charge is 0.162 e. The Morgan fingerprint density at radius 2 is 1.92 bits per heavy atom. The Kier molecular flexibility index (Phi) is 16.4. The van der Waals surface area contributed by atoms with Crippen LogP contribution in [0.2, 0.25) is 0 Å². The number of hydrogen-bond donors (Lipinski definition) is 1. The van der Waals surface area contributed by atoms with Crippen molar-refractivity contribution < 1.29 is 19.4 Å². The lowest BCUT2D eigenvalue weighted by Gasteiger charge is -2.10. The second-order valence-electron chi connectivity index (χ2n) is 10.6. The molecule has 0 aromatic carbocycles. The van der Waals surface area contributed by atoms with E-state index in [1.807, 2.05) is 65.8 Å². The van der Waals surface area contributed by atoms with Crippen LogP contribution in [-0.2, 0) is 14.3 Å². The average molecular weight is 511 g/mol. The highest BCUT2D eigenvalue weighted by atomic mass is 16.5. The molecule has 0 heterocycles. The molecule has 206 valence electrons. The molecule has 4 nitrogen and oxygen atoms in total. The SMILES string of the molecule is C=CC(C)C(=O)/C=C/C1=CC(C)C(O)C=C(C)C1.CC/C(C/C=C(\C)C/C=C/C(C)(C)C=O)=C(\C)OC. The van der Waals surface area contributed by atoms with Crippen molar-refractivity contribution in [3.8, 4) is 0 Å². The van der Waals surface area contributed by atoms with Gasteiger partial charge in [0.2, 0.25) is 0 Å². The number of ketones is 1. The van der Waals surface area contributed by atoms with Crippen LogP contribution in [0.5, 0.6) is 0 Å². The van der Waals surface area contributed by atoms with E-state index in [0.29, 0.717) is 0 Å². The van der Waals surface area contributed by atoms with E-state index in [1.165, 1.54) is 11.1 Å². The Labute approximate surface area is 226 Å². The van der Waals surface area contributed by atoms with Gasteiger partial charge in [-0.25, -0.2) is 0 Å². The second-order valence-corrected chi connectivity index (χ2v) is 10.6. The summed E-state index contributed by atoms with van der Waals surface area (Å²) in [6, 6.07) is 0. The number of carbonyl (C=O) groups is 2. The molecule has 1 aliphatic carbocycles. The molecule has 3 unspecified atom stereocenters. The van der Waals surface area contributed by atoms with Gasteiger partial charge in [0.15, 0.2) is 5.78 Å². The first-order chi connectivity index (χ1) is 17.3. The minimum atomic E-state index is -0.432. The number of allylic oxidation sites excluding steroid dienone is 11. The number of carbonyl (C=O) groups excluding carboxylic acids is 2. The predicted octanol–water partition coefficient (Wildman–Crippen LogP) is 8.03. The van der Waals surface area contributed by atoms with Gasteiger partial charge in [-0.15, -0.1) is 6.58 Å². The van der Waals surface area contributed by atoms with Crippen LogP contribution < -0.4 is 0 Å². The minimum Gasteiger partial charge on any atom is -0.501 e. The van der Waals surface area contributed by atoms with Crippen molar-refractivity contribution in [3.63, 3.8) is 0 Å². The van der Waals surface area contributed by atoms with Crippen molar-refractivity contribution in [2.24, 2.45) is 17.3 Å². The van der Waals surface area contributed by atoms with Crippen molar-refractivity contribution in [2.45, 2.75) is 87.2 Å². The molecule has 1 rings (SSSR count). The van der Waals surface area contributed by atoms with Gasteiger partial charge in [-0.05, 0) is 77.5 Å². The van der Waals surface area contributed by atoms with Gasteiger partial charge in [0, 0.05) is 17.3 Å². The van der Waals surface area contributed by atoms with E-state index >= 15 is 0 Å². The maximum absolute atomic E-state index is 11.7. The monoisotopic (exact) mass is 510 g/mol. The molecule has 3 atom stereocenters. The summed E-state index contributed by atoms with van der Waals surface area (Å²) >= 11 is 0. The molecule has 0 aromatic heterocycles. The maximum Gasteiger partial charge on any atom is 0.162 e. The fourth-order valence-electron chi connectivity index (χ4n) is 3.54. The molecule has 0 radical (unpaired) electrons. The lowest BCUT2D eigenvalue weighted by atomic mass is 9.94. The third-order valence-electron chi connectivity index (χ3n) is 6.44. The normalized spacial score (nSPS) is 20.2. The molecule has 1 aliphatic rings. The van der Waals surface area contributed by atoms with Gasteiger partial charge in [-0.2, -0.15) is 0 Å². The van der Waals surface area contributed by atoms with Crippen LogP contribution in [0.4, 0.5) is 0 Å². The van der Waals surface area contributed by atoms with Crippen LogP contribution in [0.1, 0.15) is 81.1 Å². The van der Waals surface area contributed by atoms with Crippen molar-refractivity contribution in [2.75, 3.05) is 7.11 Å². The highest BCUT2D eigenvalue weighted by Gasteiger charge is 2.14. The summed E-state index contributed by atoms with van der Waals surface area (Å²) < 4.78 is 5.27. The molecule has 1 N–H and O–H groups in total. The first kappa shape index (κ1) is 34.3. The van der Waals surface area contributed by atoms with Crippen molar-refractivity contribution in [3.05, 3.63) is 83.2 Å². The number of rotatable bonds is 12. The number of aldehydes is 1. The Morgan fingerprint density at radius 1 is 1.27 bits per heavy atom. The van der Waals surface area contributed by atoms with Crippen molar-refractivity contribution in [1.29, 1.82) is 0 Å². The van der Waals surface area contributed by atoms with Gasteiger partial charge < -0.3 is 14.6 Å². The highest BCUT2D eigenvalue weighted by Crippen LogP contribution is 2.23. The van der Waals surface area contributed by atoms with Gasteiger partial charge in [0.05, 0.1) is 19.0 Å². The minimum absolute atomic E-state index is 0.0602. The largest absolute Gasteiger partial charge is 0.501 e. The summed E-state index contributed by atoms with van der Waals surface area (Å²) in [5.41, 5.74) is 4.50. The Balaban J connectivity index is 0.000000701. The maximum atomic E-state index is 11.7.